The maximum absolute atomic E-state index is 11.4. The summed E-state index contributed by atoms with van der Waals surface area (Å²) < 4.78 is 0. The first-order chi connectivity index (χ1) is 6.74. The molecule has 1 aromatic rings. The average Bonchev–Trinajstić information content (AvgIpc) is 2.26. The van der Waals surface area contributed by atoms with Gasteiger partial charge in [-0.25, -0.2) is 0 Å². The fraction of sp³-hybridized carbons (Fsp3) is 0.400. The minimum Gasteiger partial charge on any atom is -0.350 e. The largest absolute Gasteiger partial charge is 0.350 e. The normalized spacial score (nSPS) is 12.1. The molecule has 3 nitrogen and oxygen atoms in total. The van der Waals surface area contributed by atoms with Crippen LogP contribution in [0.15, 0.2) is 24.4 Å². The van der Waals surface area contributed by atoms with Gasteiger partial charge in [0.25, 0.3) is 5.91 Å². The molecule has 0 aliphatic rings. The van der Waals surface area contributed by atoms with E-state index in [2.05, 4.69) is 10.3 Å². The van der Waals surface area contributed by atoms with Gasteiger partial charge in [0, 0.05) is 18.6 Å². The minimum absolute atomic E-state index is 0.150. The van der Waals surface area contributed by atoms with Crippen molar-refractivity contribution >= 4 is 17.5 Å². The van der Waals surface area contributed by atoms with Gasteiger partial charge in [-0.15, -0.1) is 11.6 Å². The van der Waals surface area contributed by atoms with Gasteiger partial charge >= 0.3 is 0 Å². The summed E-state index contributed by atoms with van der Waals surface area (Å²) in [4.78, 5) is 15.4. The van der Waals surface area contributed by atoms with Gasteiger partial charge in [0.1, 0.15) is 5.69 Å². The monoisotopic (exact) mass is 212 g/mol. The second-order valence-corrected chi connectivity index (χ2v) is 3.49. The lowest BCUT2D eigenvalue weighted by atomic mass is 10.2. The van der Waals surface area contributed by atoms with Crippen LogP contribution in [0, 0.1) is 5.92 Å². The van der Waals surface area contributed by atoms with Gasteiger partial charge in [0.15, 0.2) is 0 Å². The van der Waals surface area contributed by atoms with E-state index in [9.17, 15) is 4.79 Å². The molecule has 0 saturated heterocycles. The number of carbonyl (C=O) groups excluding carboxylic acids is 1. The lowest BCUT2D eigenvalue weighted by molar-refractivity contribution is 0.0944. The Hall–Kier alpha value is -1.09. The molecule has 1 atom stereocenters. The number of nitrogens with one attached hydrogen (secondary N) is 1. The number of pyridine rings is 1. The second kappa shape index (κ2) is 5.60. The maximum Gasteiger partial charge on any atom is 0.269 e. The zero-order valence-corrected chi connectivity index (χ0v) is 8.79. The summed E-state index contributed by atoms with van der Waals surface area (Å²) in [6.45, 7) is 2.56. The summed E-state index contributed by atoms with van der Waals surface area (Å²) in [5, 5.41) is 2.76. The summed E-state index contributed by atoms with van der Waals surface area (Å²) in [6, 6.07) is 5.24. The number of nitrogens with zero attached hydrogens (tertiary/aromatic N) is 1. The molecule has 0 radical (unpaired) electrons. The van der Waals surface area contributed by atoms with Crippen molar-refractivity contribution < 1.29 is 4.79 Å². The second-order valence-electron chi connectivity index (χ2n) is 3.18. The smallest absolute Gasteiger partial charge is 0.269 e. The van der Waals surface area contributed by atoms with E-state index in [1.54, 1.807) is 24.4 Å². The maximum atomic E-state index is 11.4. The number of hydrogen-bond acceptors (Lipinski definition) is 2. The molecule has 0 spiro atoms. The molecule has 4 heteroatoms. The molecule has 14 heavy (non-hydrogen) atoms. The highest BCUT2D eigenvalue weighted by molar-refractivity contribution is 6.18. The van der Waals surface area contributed by atoms with Crippen LogP contribution in [0.2, 0.25) is 0 Å². The summed E-state index contributed by atoms with van der Waals surface area (Å²) in [7, 11) is 0. The van der Waals surface area contributed by atoms with Gasteiger partial charge in [-0.3, -0.25) is 9.78 Å². The van der Waals surface area contributed by atoms with E-state index in [0.717, 1.165) is 0 Å². The third-order valence-corrected chi connectivity index (χ3v) is 2.30. The molecule has 1 rings (SSSR count). The Balaban J connectivity index is 2.44. The highest BCUT2D eigenvalue weighted by atomic mass is 35.5. The van der Waals surface area contributed by atoms with Gasteiger partial charge in [-0.05, 0) is 18.1 Å². The third-order valence-electron chi connectivity index (χ3n) is 1.77. The zero-order valence-electron chi connectivity index (χ0n) is 8.03. The Kier molecular flexibility index (Phi) is 4.40. The molecular formula is C10H13ClN2O. The highest BCUT2D eigenvalue weighted by Crippen LogP contribution is 1.97. The van der Waals surface area contributed by atoms with Crippen molar-refractivity contribution in [1.29, 1.82) is 0 Å². The molecule has 0 aromatic carbocycles. The van der Waals surface area contributed by atoms with Crippen molar-refractivity contribution in [3.05, 3.63) is 30.1 Å². The Morgan fingerprint density at radius 1 is 1.64 bits per heavy atom. The van der Waals surface area contributed by atoms with E-state index in [-0.39, 0.29) is 11.8 Å². The van der Waals surface area contributed by atoms with E-state index in [4.69, 9.17) is 11.6 Å². The van der Waals surface area contributed by atoms with Crippen LogP contribution >= 0.6 is 11.6 Å². The minimum atomic E-state index is -0.150. The standard InChI is InChI=1S/C10H13ClN2O/c1-8(6-11)7-13-10(14)9-4-2-3-5-12-9/h2-5,8H,6-7H2,1H3,(H,13,14). The first kappa shape index (κ1) is 11.0. The summed E-state index contributed by atoms with van der Waals surface area (Å²) in [5.41, 5.74) is 0.439. The van der Waals surface area contributed by atoms with Crippen molar-refractivity contribution in [3.63, 3.8) is 0 Å². The summed E-state index contributed by atoms with van der Waals surface area (Å²) in [5.74, 6) is 0.676. The van der Waals surface area contributed by atoms with Crippen molar-refractivity contribution in [2.24, 2.45) is 5.92 Å². The fourth-order valence-electron chi connectivity index (χ4n) is 0.909. The SMILES string of the molecule is CC(CCl)CNC(=O)c1ccccn1. The van der Waals surface area contributed by atoms with Crippen LogP contribution in [0.4, 0.5) is 0 Å². The number of halogens is 1. The van der Waals surface area contributed by atoms with Crippen LogP contribution in [0.3, 0.4) is 0 Å². The van der Waals surface area contributed by atoms with Gasteiger partial charge in [0.05, 0.1) is 0 Å². The van der Waals surface area contributed by atoms with E-state index in [0.29, 0.717) is 18.1 Å². The molecule has 0 bridgehead atoms. The van der Waals surface area contributed by atoms with Gasteiger partial charge in [-0.2, -0.15) is 0 Å². The number of hydrogen-bond donors (Lipinski definition) is 1. The zero-order chi connectivity index (χ0) is 10.4. The van der Waals surface area contributed by atoms with Crippen molar-refractivity contribution in [1.82, 2.24) is 10.3 Å². The predicted octanol–water partition coefficient (Wildman–Crippen LogP) is 1.69. The van der Waals surface area contributed by atoms with Crippen LogP contribution in [0.5, 0.6) is 0 Å². The molecule has 1 N–H and O–H groups in total. The lowest BCUT2D eigenvalue weighted by Crippen LogP contribution is -2.29. The summed E-state index contributed by atoms with van der Waals surface area (Å²) in [6.07, 6.45) is 1.60. The predicted molar refractivity (Wildman–Crippen MR) is 56.5 cm³/mol. The molecular weight excluding hydrogens is 200 g/mol. The van der Waals surface area contributed by atoms with E-state index in [1.807, 2.05) is 6.92 Å². The third kappa shape index (κ3) is 3.34. The van der Waals surface area contributed by atoms with E-state index >= 15 is 0 Å². The van der Waals surface area contributed by atoms with Crippen LogP contribution < -0.4 is 5.32 Å². The van der Waals surface area contributed by atoms with E-state index in [1.165, 1.54) is 0 Å². The fourth-order valence-corrected chi connectivity index (χ4v) is 1.02. The van der Waals surface area contributed by atoms with Gasteiger partial charge < -0.3 is 5.32 Å². The molecule has 0 fully saturated rings. The Bertz CT molecular complexity index is 289. The summed E-state index contributed by atoms with van der Waals surface area (Å²) >= 11 is 5.61. The van der Waals surface area contributed by atoms with Crippen molar-refractivity contribution in [3.8, 4) is 0 Å². The molecule has 1 aromatic heterocycles. The van der Waals surface area contributed by atoms with Crippen molar-refractivity contribution in [2.75, 3.05) is 12.4 Å². The number of rotatable bonds is 4. The van der Waals surface area contributed by atoms with Crippen LogP contribution in [-0.4, -0.2) is 23.3 Å². The number of carbonyl (C=O) groups is 1. The Morgan fingerprint density at radius 3 is 3.00 bits per heavy atom. The Labute approximate surface area is 88.5 Å². The first-order valence-corrected chi connectivity index (χ1v) is 5.02. The number of aromatic nitrogens is 1. The van der Waals surface area contributed by atoms with Crippen LogP contribution in [-0.2, 0) is 0 Å². The number of amides is 1. The first-order valence-electron chi connectivity index (χ1n) is 4.49. The molecule has 1 heterocycles. The van der Waals surface area contributed by atoms with Gasteiger partial charge in [0.2, 0.25) is 0 Å². The van der Waals surface area contributed by atoms with Crippen LogP contribution in [0.25, 0.3) is 0 Å². The number of alkyl halides is 1. The molecule has 76 valence electrons. The lowest BCUT2D eigenvalue weighted by Gasteiger charge is -2.08. The quantitative estimate of drug-likeness (QED) is 0.772. The van der Waals surface area contributed by atoms with Crippen molar-refractivity contribution in [2.45, 2.75) is 6.92 Å². The molecule has 1 amide bonds. The van der Waals surface area contributed by atoms with Crippen LogP contribution in [0.1, 0.15) is 17.4 Å². The molecule has 0 aliphatic carbocycles. The van der Waals surface area contributed by atoms with Gasteiger partial charge in [-0.1, -0.05) is 13.0 Å². The highest BCUT2D eigenvalue weighted by Gasteiger charge is 2.07. The molecule has 0 aliphatic heterocycles. The topological polar surface area (TPSA) is 42.0 Å². The molecule has 1 unspecified atom stereocenters. The molecule has 0 saturated carbocycles. The van der Waals surface area contributed by atoms with E-state index < -0.39 is 0 Å². The average molecular weight is 213 g/mol. The Morgan fingerprint density at radius 2 is 2.43 bits per heavy atom.